The lowest BCUT2D eigenvalue weighted by atomic mass is 10.2. The Bertz CT molecular complexity index is 627. The first-order chi connectivity index (χ1) is 10.8. The third-order valence-electron chi connectivity index (χ3n) is 3.52. The molecule has 0 saturated carbocycles. The largest absolute Gasteiger partial charge is 0.489 e. The number of ether oxygens (including phenoxy) is 1. The van der Waals surface area contributed by atoms with Crippen LogP contribution in [0.2, 0.25) is 0 Å². The zero-order chi connectivity index (χ0) is 15.2. The maximum atomic E-state index is 12.0. The van der Waals surface area contributed by atoms with Crippen LogP contribution in [0.1, 0.15) is 22.5 Å². The molecule has 2 heterocycles. The van der Waals surface area contributed by atoms with Crippen molar-refractivity contribution < 1.29 is 9.53 Å². The maximum absolute atomic E-state index is 12.0. The highest BCUT2D eigenvalue weighted by molar-refractivity contribution is 5.91. The summed E-state index contributed by atoms with van der Waals surface area (Å²) in [5.41, 5.74) is 1.26. The van der Waals surface area contributed by atoms with Gasteiger partial charge in [0.05, 0.1) is 6.20 Å². The Morgan fingerprint density at radius 2 is 2.27 bits per heavy atom. The molecular weight excluding hydrogens is 280 g/mol. The summed E-state index contributed by atoms with van der Waals surface area (Å²) < 4.78 is 6.00. The Morgan fingerprint density at radius 1 is 1.36 bits per heavy atom. The smallest absolute Gasteiger partial charge is 0.271 e. The number of amides is 1. The minimum Gasteiger partial charge on any atom is -0.489 e. The normalized spacial score (nSPS) is 17.2. The summed E-state index contributed by atoms with van der Waals surface area (Å²) in [6.07, 6.45) is 5.67. The van der Waals surface area contributed by atoms with E-state index in [0.717, 1.165) is 30.8 Å². The molecule has 1 atom stereocenters. The van der Waals surface area contributed by atoms with Gasteiger partial charge < -0.3 is 15.4 Å². The second-order valence-corrected chi connectivity index (χ2v) is 5.11. The van der Waals surface area contributed by atoms with Crippen LogP contribution in [0.3, 0.4) is 0 Å². The number of benzene rings is 1. The summed E-state index contributed by atoms with van der Waals surface area (Å²) in [6, 6.07) is 7.76. The van der Waals surface area contributed by atoms with Crippen molar-refractivity contribution in [1.29, 1.82) is 0 Å². The summed E-state index contributed by atoms with van der Waals surface area (Å²) in [7, 11) is 0. The number of rotatable bonds is 5. The fourth-order valence-corrected chi connectivity index (χ4v) is 2.36. The van der Waals surface area contributed by atoms with E-state index in [1.54, 1.807) is 0 Å². The molecule has 114 valence electrons. The van der Waals surface area contributed by atoms with Gasteiger partial charge >= 0.3 is 0 Å². The van der Waals surface area contributed by atoms with Crippen molar-refractivity contribution in [2.45, 2.75) is 19.1 Å². The lowest BCUT2D eigenvalue weighted by Gasteiger charge is -2.16. The fraction of sp³-hybridized carbons (Fsp3) is 0.312. The van der Waals surface area contributed by atoms with Crippen LogP contribution in [0.5, 0.6) is 5.75 Å². The topological polar surface area (TPSA) is 76.1 Å². The Hall–Kier alpha value is -2.47. The Kier molecular flexibility index (Phi) is 4.60. The molecule has 3 rings (SSSR count). The monoisotopic (exact) mass is 298 g/mol. The van der Waals surface area contributed by atoms with E-state index >= 15 is 0 Å². The average molecular weight is 298 g/mol. The predicted octanol–water partition coefficient (Wildman–Crippen LogP) is 1.15. The molecule has 1 aromatic heterocycles. The van der Waals surface area contributed by atoms with Gasteiger partial charge in [-0.05, 0) is 19.0 Å². The van der Waals surface area contributed by atoms with Crippen LogP contribution >= 0.6 is 0 Å². The quantitative estimate of drug-likeness (QED) is 0.866. The number of hydrogen-bond acceptors (Lipinski definition) is 5. The minimum absolute atomic E-state index is 0.192. The lowest BCUT2D eigenvalue weighted by Crippen LogP contribution is -2.25. The Balaban J connectivity index is 1.63. The summed E-state index contributed by atoms with van der Waals surface area (Å²) in [6.45, 7) is 2.24. The van der Waals surface area contributed by atoms with E-state index in [-0.39, 0.29) is 12.0 Å². The van der Waals surface area contributed by atoms with Gasteiger partial charge in [-0.2, -0.15) is 0 Å². The van der Waals surface area contributed by atoms with Gasteiger partial charge in [0.1, 0.15) is 17.5 Å². The Morgan fingerprint density at radius 3 is 3.05 bits per heavy atom. The first kappa shape index (κ1) is 14.5. The van der Waals surface area contributed by atoms with Crippen LogP contribution in [0.25, 0.3) is 0 Å². The van der Waals surface area contributed by atoms with E-state index in [4.69, 9.17) is 4.74 Å². The third kappa shape index (κ3) is 3.59. The molecule has 0 spiro atoms. The molecule has 0 bridgehead atoms. The summed E-state index contributed by atoms with van der Waals surface area (Å²) in [4.78, 5) is 19.9. The van der Waals surface area contributed by atoms with Crippen molar-refractivity contribution in [2.75, 3.05) is 13.1 Å². The van der Waals surface area contributed by atoms with Gasteiger partial charge in [0.2, 0.25) is 0 Å². The van der Waals surface area contributed by atoms with Crippen molar-refractivity contribution in [3.05, 3.63) is 54.1 Å². The van der Waals surface area contributed by atoms with Crippen LogP contribution < -0.4 is 15.4 Å². The summed E-state index contributed by atoms with van der Waals surface area (Å²) >= 11 is 0. The van der Waals surface area contributed by atoms with E-state index < -0.39 is 0 Å². The number of aromatic nitrogens is 2. The standard InChI is InChI=1S/C16H18N4O2/c21-16(14-11-18-7-8-19-14)20-9-12-3-1-2-4-15(12)22-13-5-6-17-10-13/h1-4,7-8,11,13,17H,5-6,9-10H2,(H,20,21). The van der Waals surface area contributed by atoms with Crippen LogP contribution in [-0.2, 0) is 6.54 Å². The van der Waals surface area contributed by atoms with Crippen molar-refractivity contribution in [3.63, 3.8) is 0 Å². The maximum Gasteiger partial charge on any atom is 0.271 e. The van der Waals surface area contributed by atoms with Gasteiger partial charge in [-0.25, -0.2) is 4.98 Å². The molecule has 0 aliphatic carbocycles. The van der Waals surface area contributed by atoms with Crippen molar-refractivity contribution in [1.82, 2.24) is 20.6 Å². The van der Waals surface area contributed by atoms with Crippen molar-refractivity contribution >= 4 is 5.91 Å². The molecule has 1 amide bonds. The molecule has 1 saturated heterocycles. The lowest BCUT2D eigenvalue weighted by molar-refractivity contribution is 0.0945. The third-order valence-corrected chi connectivity index (χ3v) is 3.52. The minimum atomic E-state index is -0.245. The van der Waals surface area contributed by atoms with E-state index in [0.29, 0.717) is 12.2 Å². The molecule has 1 aliphatic heterocycles. The van der Waals surface area contributed by atoms with Crippen molar-refractivity contribution in [2.24, 2.45) is 0 Å². The second-order valence-electron chi connectivity index (χ2n) is 5.11. The SMILES string of the molecule is O=C(NCc1ccccc1OC1CCNC1)c1cnccn1. The van der Waals surface area contributed by atoms with Gasteiger partial charge in [0, 0.05) is 31.0 Å². The first-order valence-corrected chi connectivity index (χ1v) is 7.32. The van der Waals surface area contributed by atoms with E-state index in [9.17, 15) is 4.79 Å². The Labute approximate surface area is 128 Å². The van der Waals surface area contributed by atoms with Gasteiger partial charge in [0.25, 0.3) is 5.91 Å². The van der Waals surface area contributed by atoms with E-state index in [1.165, 1.54) is 18.6 Å². The molecule has 1 aromatic carbocycles. The zero-order valence-corrected chi connectivity index (χ0v) is 12.2. The molecule has 6 heteroatoms. The molecule has 6 nitrogen and oxygen atoms in total. The van der Waals surface area contributed by atoms with Crippen LogP contribution in [-0.4, -0.2) is 35.1 Å². The highest BCUT2D eigenvalue weighted by atomic mass is 16.5. The number of nitrogens with one attached hydrogen (secondary N) is 2. The molecule has 22 heavy (non-hydrogen) atoms. The van der Waals surface area contributed by atoms with Gasteiger partial charge in [-0.3, -0.25) is 9.78 Å². The summed E-state index contributed by atoms with van der Waals surface area (Å²) in [5.74, 6) is 0.570. The molecule has 1 fully saturated rings. The van der Waals surface area contributed by atoms with Gasteiger partial charge in [0.15, 0.2) is 0 Å². The van der Waals surface area contributed by atoms with Crippen LogP contribution in [0, 0.1) is 0 Å². The summed E-state index contributed by atoms with van der Waals surface area (Å²) in [5, 5.41) is 6.12. The highest BCUT2D eigenvalue weighted by Gasteiger charge is 2.17. The molecule has 1 aliphatic rings. The molecular formula is C16H18N4O2. The second kappa shape index (κ2) is 7.00. The fourth-order valence-electron chi connectivity index (χ4n) is 2.36. The van der Waals surface area contributed by atoms with Crippen LogP contribution in [0.15, 0.2) is 42.9 Å². The molecule has 0 radical (unpaired) electrons. The number of nitrogens with zero attached hydrogens (tertiary/aromatic N) is 2. The highest BCUT2D eigenvalue weighted by Crippen LogP contribution is 2.20. The first-order valence-electron chi connectivity index (χ1n) is 7.32. The van der Waals surface area contributed by atoms with Crippen LogP contribution in [0.4, 0.5) is 0 Å². The number of carbonyl (C=O) groups excluding carboxylic acids is 1. The van der Waals surface area contributed by atoms with Crippen molar-refractivity contribution in [3.8, 4) is 5.75 Å². The number of para-hydroxylation sites is 1. The van der Waals surface area contributed by atoms with Gasteiger partial charge in [-0.15, -0.1) is 0 Å². The number of hydrogen-bond donors (Lipinski definition) is 2. The zero-order valence-electron chi connectivity index (χ0n) is 12.2. The predicted molar refractivity (Wildman–Crippen MR) is 81.5 cm³/mol. The molecule has 2 N–H and O–H groups in total. The van der Waals surface area contributed by atoms with E-state index in [1.807, 2.05) is 24.3 Å². The molecule has 2 aromatic rings. The molecule has 1 unspecified atom stereocenters. The number of carbonyl (C=O) groups is 1. The van der Waals surface area contributed by atoms with E-state index in [2.05, 4.69) is 20.6 Å². The van der Waals surface area contributed by atoms with Gasteiger partial charge in [-0.1, -0.05) is 18.2 Å². The average Bonchev–Trinajstić information content (AvgIpc) is 3.07.